The molecule has 156 valence electrons. The Labute approximate surface area is 167 Å². The smallest absolute Gasteiger partial charge is 0.0297 e. The number of hydrogen-bond acceptors (Lipinski definition) is 0. The molecule has 1 rings (SSSR count). The summed E-state index contributed by atoms with van der Waals surface area (Å²) in [6.07, 6.45) is 28.2. The van der Waals surface area contributed by atoms with Crippen LogP contribution in [0.15, 0.2) is 0 Å². The predicted molar refractivity (Wildman–Crippen MR) is 120 cm³/mol. The quantitative estimate of drug-likeness (QED) is 0.239. The molecule has 0 saturated heterocycles. The average Bonchev–Trinajstić information content (AvgIpc) is 2.67. The number of hydrogen-bond donors (Lipinski definition) is 0. The molecule has 1 aliphatic rings. The minimum absolute atomic E-state index is 0.739. The van der Waals surface area contributed by atoms with Crippen molar-refractivity contribution in [3.63, 3.8) is 0 Å². The van der Waals surface area contributed by atoms with Crippen LogP contribution >= 0.6 is 0 Å². The molecular formula is C26H52. The van der Waals surface area contributed by atoms with Gasteiger partial charge in [-0.1, -0.05) is 105 Å². The first-order chi connectivity index (χ1) is 12.7. The molecule has 1 saturated carbocycles. The molecule has 1 fully saturated rings. The Morgan fingerprint density at radius 1 is 0.692 bits per heavy atom. The van der Waals surface area contributed by atoms with E-state index in [1.807, 2.05) is 0 Å². The van der Waals surface area contributed by atoms with Crippen molar-refractivity contribution in [1.29, 1.82) is 0 Å². The van der Waals surface area contributed by atoms with Gasteiger partial charge in [0.15, 0.2) is 0 Å². The standard InChI is InChI=1S/C26H52/c1-5-9-12-14-19-26(20-15-13-10-6-2)21-17-25(18-22-26)23-24(8-4)16-11-7-3/h24-25H,5-23H2,1-4H3. The Balaban J connectivity index is 2.45. The van der Waals surface area contributed by atoms with Crippen LogP contribution in [0.25, 0.3) is 0 Å². The Morgan fingerprint density at radius 2 is 1.23 bits per heavy atom. The molecule has 0 nitrogen and oxygen atoms in total. The molecule has 0 heteroatoms. The first-order valence-electron chi connectivity index (χ1n) is 12.7. The van der Waals surface area contributed by atoms with Gasteiger partial charge in [-0.2, -0.15) is 0 Å². The zero-order valence-corrected chi connectivity index (χ0v) is 19.1. The van der Waals surface area contributed by atoms with Crippen molar-refractivity contribution in [1.82, 2.24) is 0 Å². The van der Waals surface area contributed by atoms with E-state index in [4.69, 9.17) is 0 Å². The predicted octanol–water partition coefficient (Wildman–Crippen LogP) is 9.71. The van der Waals surface area contributed by atoms with Crippen molar-refractivity contribution < 1.29 is 0 Å². The lowest BCUT2D eigenvalue weighted by Gasteiger charge is -2.42. The molecule has 0 aromatic rings. The maximum absolute atomic E-state index is 2.43. The SMILES string of the molecule is CCCCCCC1(CCCCCC)CCC(CC(CC)CCCC)CC1. The fourth-order valence-corrected chi connectivity index (χ4v) is 5.46. The summed E-state index contributed by atoms with van der Waals surface area (Å²) >= 11 is 0. The van der Waals surface area contributed by atoms with E-state index in [1.54, 1.807) is 38.5 Å². The van der Waals surface area contributed by atoms with Crippen LogP contribution in [0.2, 0.25) is 0 Å². The zero-order chi connectivity index (χ0) is 19.1. The van der Waals surface area contributed by atoms with Gasteiger partial charge in [-0.3, -0.25) is 0 Å². The van der Waals surface area contributed by atoms with Gasteiger partial charge >= 0.3 is 0 Å². The molecule has 0 bridgehead atoms. The molecule has 0 heterocycles. The van der Waals surface area contributed by atoms with Crippen LogP contribution in [0.5, 0.6) is 0 Å². The van der Waals surface area contributed by atoms with Gasteiger partial charge in [0.25, 0.3) is 0 Å². The summed E-state index contributed by atoms with van der Waals surface area (Å²) in [5.74, 6) is 2.07. The van der Waals surface area contributed by atoms with Crippen LogP contribution in [-0.2, 0) is 0 Å². The van der Waals surface area contributed by atoms with E-state index in [0.717, 1.165) is 17.3 Å². The van der Waals surface area contributed by atoms with Gasteiger partial charge in [-0.05, 0) is 62.2 Å². The Morgan fingerprint density at radius 3 is 1.69 bits per heavy atom. The molecule has 1 atom stereocenters. The maximum Gasteiger partial charge on any atom is -0.0297 e. The highest BCUT2D eigenvalue weighted by Gasteiger charge is 2.34. The average molecular weight is 365 g/mol. The van der Waals surface area contributed by atoms with E-state index < -0.39 is 0 Å². The molecule has 0 radical (unpaired) electrons. The highest BCUT2D eigenvalue weighted by atomic mass is 14.4. The minimum Gasteiger partial charge on any atom is -0.0654 e. The van der Waals surface area contributed by atoms with Crippen LogP contribution < -0.4 is 0 Å². The highest BCUT2D eigenvalue weighted by Crippen LogP contribution is 2.48. The molecule has 0 spiro atoms. The van der Waals surface area contributed by atoms with Gasteiger partial charge in [0.2, 0.25) is 0 Å². The third-order valence-corrected chi connectivity index (χ3v) is 7.50. The molecule has 1 unspecified atom stereocenters. The van der Waals surface area contributed by atoms with Gasteiger partial charge in [0.1, 0.15) is 0 Å². The molecule has 1 aliphatic carbocycles. The Bertz CT molecular complexity index is 283. The second kappa shape index (κ2) is 15.0. The molecule has 0 aliphatic heterocycles. The third-order valence-electron chi connectivity index (χ3n) is 7.50. The van der Waals surface area contributed by atoms with Gasteiger partial charge in [-0.25, -0.2) is 0 Å². The van der Waals surface area contributed by atoms with Crippen LogP contribution in [-0.4, -0.2) is 0 Å². The van der Waals surface area contributed by atoms with E-state index in [0.29, 0.717) is 0 Å². The van der Waals surface area contributed by atoms with E-state index in [-0.39, 0.29) is 0 Å². The molecule has 0 aromatic carbocycles. The van der Waals surface area contributed by atoms with Gasteiger partial charge in [0, 0.05) is 0 Å². The van der Waals surface area contributed by atoms with Crippen molar-refractivity contribution in [3.05, 3.63) is 0 Å². The van der Waals surface area contributed by atoms with Gasteiger partial charge in [0.05, 0.1) is 0 Å². The Hall–Kier alpha value is 0. The second-order valence-electron chi connectivity index (χ2n) is 9.72. The van der Waals surface area contributed by atoms with Gasteiger partial charge < -0.3 is 0 Å². The van der Waals surface area contributed by atoms with Gasteiger partial charge in [-0.15, -0.1) is 0 Å². The maximum atomic E-state index is 2.43. The lowest BCUT2D eigenvalue weighted by atomic mass is 9.64. The minimum atomic E-state index is 0.739. The third kappa shape index (κ3) is 9.80. The summed E-state index contributed by atoms with van der Waals surface area (Å²) in [5.41, 5.74) is 0.739. The van der Waals surface area contributed by atoms with E-state index >= 15 is 0 Å². The normalized spacial score (nSPS) is 18.9. The lowest BCUT2D eigenvalue weighted by molar-refractivity contribution is 0.104. The summed E-state index contributed by atoms with van der Waals surface area (Å²) in [7, 11) is 0. The molecular weight excluding hydrogens is 312 g/mol. The lowest BCUT2D eigenvalue weighted by Crippen LogP contribution is -2.28. The van der Waals surface area contributed by atoms with Crippen molar-refractivity contribution in [2.45, 2.75) is 150 Å². The van der Waals surface area contributed by atoms with Crippen LogP contribution in [0, 0.1) is 17.3 Å². The molecule has 0 N–H and O–H groups in total. The molecule has 0 amide bonds. The van der Waals surface area contributed by atoms with E-state index in [1.165, 1.54) is 83.5 Å². The Kier molecular flexibility index (Phi) is 13.9. The summed E-state index contributed by atoms with van der Waals surface area (Å²) in [4.78, 5) is 0. The summed E-state index contributed by atoms with van der Waals surface area (Å²) in [6.45, 7) is 9.45. The second-order valence-corrected chi connectivity index (χ2v) is 9.72. The van der Waals surface area contributed by atoms with Crippen molar-refractivity contribution in [3.8, 4) is 0 Å². The monoisotopic (exact) mass is 364 g/mol. The summed E-state index contributed by atoms with van der Waals surface area (Å²) in [5, 5.41) is 0. The first-order valence-corrected chi connectivity index (χ1v) is 12.7. The van der Waals surface area contributed by atoms with Crippen LogP contribution in [0.4, 0.5) is 0 Å². The van der Waals surface area contributed by atoms with Crippen molar-refractivity contribution in [2.75, 3.05) is 0 Å². The number of rotatable bonds is 16. The largest absolute Gasteiger partial charge is 0.0654 e. The fourth-order valence-electron chi connectivity index (χ4n) is 5.46. The zero-order valence-electron chi connectivity index (χ0n) is 19.1. The molecule has 0 aromatic heterocycles. The van der Waals surface area contributed by atoms with Crippen LogP contribution in [0.3, 0.4) is 0 Å². The van der Waals surface area contributed by atoms with E-state index in [9.17, 15) is 0 Å². The summed E-state index contributed by atoms with van der Waals surface area (Å²) < 4.78 is 0. The van der Waals surface area contributed by atoms with Crippen LogP contribution in [0.1, 0.15) is 150 Å². The van der Waals surface area contributed by atoms with Crippen molar-refractivity contribution in [2.24, 2.45) is 17.3 Å². The fraction of sp³-hybridized carbons (Fsp3) is 1.00. The first kappa shape index (κ1) is 24.0. The highest BCUT2D eigenvalue weighted by molar-refractivity contribution is 4.86. The summed E-state index contributed by atoms with van der Waals surface area (Å²) in [6, 6.07) is 0. The van der Waals surface area contributed by atoms with E-state index in [2.05, 4.69) is 27.7 Å². The topological polar surface area (TPSA) is 0 Å². The van der Waals surface area contributed by atoms with Crippen molar-refractivity contribution >= 4 is 0 Å². The molecule has 26 heavy (non-hydrogen) atoms. The number of unbranched alkanes of at least 4 members (excludes halogenated alkanes) is 7.